The average molecular weight is 421 g/mol. The van der Waals surface area contributed by atoms with Crippen LogP contribution in [0.3, 0.4) is 0 Å². The quantitative estimate of drug-likeness (QED) is 0.649. The standard InChI is InChI=1S/C19H17ClN2O3S2/c20-17-7-8-18(26-17)27(24,25)22-11-9-21(10-12-22)19(23)16-6-5-14-3-1-2-4-15(14)13-16/h1-8,13H,9-12H2. The molecule has 27 heavy (non-hydrogen) atoms. The number of benzene rings is 2. The molecular formula is C19H17ClN2O3S2. The van der Waals surface area contributed by atoms with Gasteiger partial charge in [-0.15, -0.1) is 11.3 Å². The Labute approximate surface area is 166 Å². The Balaban J connectivity index is 1.47. The molecule has 5 nitrogen and oxygen atoms in total. The Kier molecular flexibility index (Phi) is 4.94. The fourth-order valence-electron chi connectivity index (χ4n) is 3.20. The number of carbonyl (C=O) groups is 1. The summed E-state index contributed by atoms with van der Waals surface area (Å²) < 4.78 is 27.4. The fourth-order valence-corrected chi connectivity index (χ4v) is 6.26. The number of hydrogen-bond donors (Lipinski definition) is 0. The maximum Gasteiger partial charge on any atom is 0.253 e. The Morgan fingerprint density at radius 1 is 0.926 bits per heavy atom. The topological polar surface area (TPSA) is 57.7 Å². The van der Waals surface area contributed by atoms with Gasteiger partial charge in [-0.1, -0.05) is 41.9 Å². The van der Waals surface area contributed by atoms with Gasteiger partial charge in [0.25, 0.3) is 15.9 Å². The van der Waals surface area contributed by atoms with Crippen LogP contribution in [0.1, 0.15) is 10.4 Å². The van der Waals surface area contributed by atoms with Crippen LogP contribution in [-0.4, -0.2) is 49.7 Å². The molecule has 1 aliphatic heterocycles. The minimum atomic E-state index is -3.55. The predicted molar refractivity (Wildman–Crippen MR) is 108 cm³/mol. The molecule has 0 aliphatic carbocycles. The third-order valence-electron chi connectivity index (χ3n) is 4.66. The van der Waals surface area contributed by atoms with Gasteiger partial charge in [0.2, 0.25) is 0 Å². The van der Waals surface area contributed by atoms with Crippen molar-refractivity contribution in [3.05, 3.63) is 64.5 Å². The molecule has 0 radical (unpaired) electrons. The Hall–Kier alpha value is -1.93. The predicted octanol–water partition coefficient (Wildman–Crippen LogP) is 3.70. The molecule has 0 spiro atoms. The van der Waals surface area contributed by atoms with Crippen molar-refractivity contribution in [1.82, 2.24) is 9.21 Å². The van der Waals surface area contributed by atoms with Gasteiger partial charge >= 0.3 is 0 Å². The molecule has 140 valence electrons. The van der Waals surface area contributed by atoms with Gasteiger partial charge in [-0.3, -0.25) is 4.79 Å². The van der Waals surface area contributed by atoms with E-state index in [1.165, 1.54) is 10.4 Å². The van der Waals surface area contributed by atoms with Crippen LogP contribution in [0.2, 0.25) is 4.34 Å². The molecule has 1 saturated heterocycles. The van der Waals surface area contributed by atoms with Crippen molar-refractivity contribution in [3.8, 4) is 0 Å². The molecule has 1 amide bonds. The van der Waals surface area contributed by atoms with E-state index in [2.05, 4.69) is 0 Å². The zero-order valence-electron chi connectivity index (χ0n) is 14.3. The third kappa shape index (κ3) is 3.60. The van der Waals surface area contributed by atoms with Crippen LogP contribution in [-0.2, 0) is 10.0 Å². The van der Waals surface area contributed by atoms with Crippen molar-refractivity contribution < 1.29 is 13.2 Å². The van der Waals surface area contributed by atoms with Crippen LogP contribution in [0.25, 0.3) is 10.8 Å². The van der Waals surface area contributed by atoms with Gasteiger partial charge in [0.15, 0.2) is 0 Å². The second kappa shape index (κ2) is 7.24. The van der Waals surface area contributed by atoms with Gasteiger partial charge in [0.05, 0.1) is 4.34 Å². The maximum atomic E-state index is 12.8. The molecular weight excluding hydrogens is 404 g/mol. The van der Waals surface area contributed by atoms with Crippen molar-refractivity contribution in [1.29, 1.82) is 0 Å². The smallest absolute Gasteiger partial charge is 0.253 e. The van der Waals surface area contributed by atoms with Crippen LogP contribution >= 0.6 is 22.9 Å². The molecule has 4 rings (SSSR count). The molecule has 2 heterocycles. The zero-order valence-corrected chi connectivity index (χ0v) is 16.7. The maximum absolute atomic E-state index is 12.8. The van der Waals surface area contributed by atoms with E-state index in [0.29, 0.717) is 23.0 Å². The second-order valence-electron chi connectivity index (χ2n) is 6.32. The number of nitrogens with zero attached hydrogens (tertiary/aromatic N) is 2. The second-order valence-corrected chi connectivity index (χ2v) is 10.2. The summed E-state index contributed by atoms with van der Waals surface area (Å²) >= 11 is 6.91. The summed E-state index contributed by atoms with van der Waals surface area (Å²) in [5, 5.41) is 2.10. The molecule has 3 aromatic rings. The van der Waals surface area contributed by atoms with Crippen molar-refractivity contribution >= 4 is 49.6 Å². The summed E-state index contributed by atoms with van der Waals surface area (Å²) in [5.74, 6) is -0.0723. The van der Waals surface area contributed by atoms with Gasteiger partial charge in [-0.2, -0.15) is 4.31 Å². The van der Waals surface area contributed by atoms with Crippen LogP contribution in [0.15, 0.2) is 58.8 Å². The molecule has 0 bridgehead atoms. The van der Waals surface area contributed by atoms with Crippen LogP contribution < -0.4 is 0 Å². The molecule has 1 aliphatic rings. The highest BCUT2D eigenvalue weighted by atomic mass is 35.5. The van der Waals surface area contributed by atoms with Gasteiger partial charge in [-0.25, -0.2) is 8.42 Å². The highest BCUT2D eigenvalue weighted by Gasteiger charge is 2.31. The molecule has 0 N–H and O–H groups in total. The van der Waals surface area contributed by atoms with E-state index in [0.717, 1.165) is 22.1 Å². The first-order chi connectivity index (χ1) is 12.9. The lowest BCUT2D eigenvalue weighted by Crippen LogP contribution is -2.50. The van der Waals surface area contributed by atoms with Crippen molar-refractivity contribution in [2.75, 3.05) is 26.2 Å². The van der Waals surface area contributed by atoms with Crippen LogP contribution in [0.5, 0.6) is 0 Å². The van der Waals surface area contributed by atoms with Gasteiger partial charge in [-0.05, 0) is 35.0 Å². The molecule has 0 atom stereocenters. The van der Waals surface area contributed by atoms with E-state index in [1.807, 2.05) is 42.5 Å². The van der Waals surface area contributed by atoms with Crippen molar-refractivity contribution in [2.24, 2.45) is 0 Å². The number of halogens is 1. The van der Waals surface area contributed by atoms with Crippen LogP contribution in [0.4, 0.5) is 0 Å². The summed E-state index contributed by atoms with van der Waals surface area (Å²) in [6.45, 7) is 1.28. The number of thiophene rings is 1. The lowest BCUT2D eigenvalue weighted by atomic mass is 10.1. The lowest BCUT2D eigenvalue weighted by molar-refractivity contribution is 0.0698. The SMILES string of the molecule is O=C(c1ccc2ccccc2c1)N1CCN(S(=O)(=O)c2ccc(Cl)s2)CC1. The zero-order chi connectivity index (χ0) is 19.0. The first-order valence-corrected chi connectivity index (χ1v) is 11.1. The van der Waals surface area contributed by atoms with Gasteiger partial charge in [0, 0.05) is 31.7 Å². The Morgan fingerprint density at radius 3 is 2.30 bits per heavy atom. The summed E-state index contributed by atoms with van der Waals surface area (Å²) in [6.07, 6.45) is 0. The highest BCUT2D eigenvalue weighted by Crippen LogP contribution is 2.28. The number of hydrogen-bond acceptors (Lipinski definition) is 4. The first kappa shape index (κ1) is 18.4. The number of fused-ring (bicyclic) bond motifs is 1. The molecule has 8 heteroatoms. The van der Waals surface area contributed by atoms with E-state index in [1.54, 1.807) is 11.0 Å². The van der Waals surface area contributed by atoms with Gasteiger partial charge < -0.3 is 4.90 Å². The van der Waals surface area contributed by atoms with Crippen LogP contribution in [0, 0.1) is 0 Å². The highest BCUT2D eigenvalue weighted by molar-refractivity contribution is 7.91. The fraction of sp³-hybridized carbons (Fsp3) is 0.211. The van der Waals surface area contributed by atoms with Gasteiger partial charge in [0.1, 0.15) is 4.21 Å². The summed E-state index contributed by atoms with van der Waals surface area (Å²) in [4.78, 5) is 14.5. The largest absolute Gasteiger partial charge is 0.336 e. The minimum absolute atomic E-state index is 0.0723. The number of piperazine rings is 1. The van der Waals surface area contributed by atoms with E-state index in [9.17, 15) is 13.2 Å². The Bertz CT molecular complexity index is 1100. The number of carbonyl (C=O) groups excluding carboxylic acids is 1. The minimum Gasteiger partial charge on any atom is -0.336 e. The summed E-state index contributed by atoms with van der Waals surface area (Å²) in [7, 11) is -3.55. The lowest BCUT2D eigenvalue weighted by Gasteiger charge is -2.33. The third-order valence-corrected chi connectivity index (χ3v) is 8.26. The number of rotatable bonds is 3. The van der Waals surface area contributed by atoms with E-state index >= 15 is 0 Å². The number of sulfonamides is 1. The summed E-state index contributed by atoms with van der Waals surface area (Å²) in [5.41, 5.74) is 0.620. The van der Waals surface area contributed by atoms with Crippen molar-refractivity contribution in [3.63, 3.8) is 0 Å². The molecule has 0 saturated carbocycles. The average Bonchev–Trinajstić information content (AvgIpc) is 3.14. The summed E-state index contributed by atoms with van der Waals surface area (Å²) in [6, 6.07) is 16.6. The van der Waals surface area contributed by atoms with Crippen molar-refractivity contribution in [2.45, 2.75) is 4.21 Å². The van der Waals surface area contributed by atoms with E-state index < -0.39 is 10.0 Å². The normalized spacial score (nSPS) is 16.0. The molecule has 1 fully saturated rings. The first-order valence-electron chi connectivity index (χ1n) is 8.49. The van der Waals surface area contributed by atoms with E-state index in [4.69, 9.17) is 11.6 Å². The monoisotopic (exact) mass is 420 g/mol. The van der Waals surface area contributed by atoms with E-state index in [-0.39, 0.29) is 23.2 Å². The Morgan fingerprint density at radius 2 is 1.63 bits per heavy atom. The molecule has 0 unspecified atom stereocenters. The molecule has 1 aromatic heterocycles. The molecule has 2 aromatic carbocycles. The number of amides is 1.